The molecule has 0 aliphatic heterocycles. The molecule has 0 atom stereocenters. The van der Waals surface area contributed by atoms with Gasteiger partial charge in [0, 0.05) is 12.1 Å². The largest absolute Gasteiger partial charge is 0.383 e. The summed E-state index contributed by atoms with van der Waals surface area (Å²) >= 11 is 0. The topological polar surface area (TPSA) is 75.8 Å². The molecule has 104 valence electrons. The second-order valence-electron chi connectivity index (χ2n) is 5.08. The zero-order valence-electron chi connectivity index (χ0n) is 11.7. The van der Waals surface area contributed by atoms with Crippen LogP contribution in [-0.4, -0.2) is 45.5 Å². The van der Waals surface area contributed by atoms with Gasteiger partial charge in [0.15, 0.2) is 5.65 Å². The van der Waals surface area contributed by atoms with Crippen LogP contribution in [0.25, 0.3) is 22.3 Å². The number of likely N-dealkylation sites (N-methyl/N-ethyl adjacent to an activating group) is 1. The van der Waals surface area contributed by atoms with E-state index in [1.165, 1.54) is 0 Å². The van der Waals surface area contributed by atoms with Crippen LogP contribution in [0.2, 0.25) is 0 Å². The van der Waals surface area contributed by atoms with Crippen molar-refractivity contribution in [3.63, 3.8) is 0 Å². The molecule has 2 aromatic heterocycles. The van der Waals surface area contributed by atoms with E-state index in [0.717, 1.165) is 35.4 Å². The first-order valence-electron chi connectivity index (χ1n) is 6.57. The highest BCUT2D eigenvalue weighted by molar-refractivity contribution is 5.98. The fourth-order valence-corrected chi connectivity index (χ4v) is 2.23. The Hall–Kier alpha value is -2.34. The molecule has 0 saturated carbocycles. The molecule has 1 aromatic carbocycles. The van der Waals surface area contributed by atoms with Gasteiger partial charge in [0.1, 0.15) is 11.5 Å². The minimum Gasteiger partial charge on any atom is -0.383 e. The number of aromatic amines is 1. The number of nitrogen functional groups attached to an aromatic ring is 1. The molecule has 3 aromatic rings. The van der Waals surface area contributed by atoms with Gasteiger partial charge in [-0.25, -0.2) is 4.68 Å². The summed E-state index contributed by atoms with van der Waals surface area (Å²) in [5.41, 5.74) is 8.74. The number of fused-ring (bicyclic) bond motifs is 1. The highest BCUT2D eigenvalue weighted by Crippen LogP contribution is 2.30. The van der Waals surface area contributed by atoms with Crippen LogP contribution in [0.5, 0.6) is 0 Å². The summed E-state index contributed by atoms with van der Waals surface area (Å²) in [6.45, 7) is 1.68. The minimum absolute atomic E-state index is 0.565. The monoisotopic (exact) mass is 270 g/mol. The zero-order chi connectivity index (χ0) is 14.1. The average molecular weight is 270 g/mol. The molecular weight excluding hydrogens is 252 g/mol. The van der Waals surface area contributed by atoms with Gasteiger partial charge in [-0.05, 0) is 14.1 Å². The summed E-state index contributed by atoms with van der Waals surface area (Å²) < 4.78 is 1.91. The van der Waals surface area contributed by atoms with Gasteiger partial charge in [0.2, 0.25) is 0 Å². The Morgan fingerprint density at radius 3 is 2.70 bits per heavy atom. The molecule has 3 rings (SSSR count). The summed E-state index contributed by atoms with van der Waals surface area (Å²) in [6.07, 6.45) is 0. The molecular formula is C14H18N6. The highest BCUT2D eigenvalue weighted by atomic mass is 15.4. The average Bonchev–Trinajstić information content (AvgIpc) is 2.99. The summed E-state index contributed by atoms with van der Waals surface area (Å²) in [6, 6.07) is 10.0. The van der Waals surface area contributed by atoms with Crippen molar-refractivity contribution in [2.45, 2.75) is 6.54 Å². The summed E-state index contributed by atoms with van der Waals surface area (Å²) in [4.78, 5) is 2.12. The summed E-state index contributed by atoms with van der Waals surface area (Å²) in [5.74, 6) is 0.565. The molecule has 0 amide bonds. The van der Waals surface area contributed by atoms with Crippen LogP contribution >= 0.6 is 0 Å². The number of nitrogens with one attached hydrogen (secondary N) is 1. The Morgan fingerprint density at radius 1 is 1.25 bits per heavy atom. The Kier molecular flexibility index (Phi) is 3.15. The lowest BCUT2D eigenvalue weighted by Gasteiger charge is -2.08. The maximum Gasteiger partial charge on any atom is 0.182 e. The first-order chi connectivity index (χ1) is 9.66. The van der Waals surface area contributed by atoms with Crippen molar-refractivity contribution in [3.8, 4) is 11.3 Å². The van der Waals surface area contributed by atoms with Crippen LogP contribution in [-0.2, 0) is 6.54 Å². The van der Waals surface area contributed by atoms with E-state index in [4.69, 9.17) is 5.73 Å². The van der Waals surface area contributed by atoms with E-state index in [0.29, 0.717) is 5.82 Å². The van der Waals surface area contributed by atoms with E-state index in [2.05, 4.69) is 20.2 Å². The molecule has 3 N–H and O–H groups in total. The van der Waals surface area contributed by atoms with Gasteiger partial charge in [0.05, 0.1) is 11.9 Å². The minimum atomic E-state index is 0.565. The molecule has 0 aliphatic carbocycles. The van der Waals surface area contributed by atoms with E-state index < -0.39 is 0 Å². The fourth-order valence-electron chi connectivity index (χ4n) is 2.23. The summed E-state index contributed by atoms with van der Waals surface area (Å²) in [5, 5.41) is 12.7. The second kappa shape index (κ2) is 4.97. The maximum absolute atomic E-state index is 6.00. The smallest absolute Gasteiger partial charge is 0.182 e. The Morgan fingerprint density at radius 2 is 2.00 bits per heavy atom. The number of nitrogens with zero attached hydrogens (tertiary/aromatic N) is 4. The molecule has 6 heteroatoms. The molecule has 2 heterocycles. The van der Waals surface area contributed by atoms with E-state index in [1.807, 2.05) is 49.1 Å². The lowest BCUT2D eigenvalue weighted by Crippen LogP contribution is -2.19. The van der Waals surface area contributed by atoms with Crippen molar-refractivity contribution in [2.75, 3.05) is 26.4 Å². The van der Waals surface area contributed by atoms with Crippen molar-refractivity contribution in [1.82, 2.24) is 24.9 Å². The van der Waals surface area contributed by atoms with Crippen molar-refractivity contribution in [3.05, 3.63) is 30.3 Å². The van der Waals surface area contributed by atoms with E-state index in [9.17, 15) is 0 Å². The first-order valence-corrected chi connectivity index (χ1v) is 6.57. The van der Waals surface area contributed by atoms with E-state index in [1.54, 1.807) is 0 Å². The van der Waals surface area contributed by atoms with Gasteiger partial charge in [-0.15, -0.1) is 0 Å². The quantitative estimate of drug-likeness (QED) is 0.754. The van der Waals surface area contributed by atoms with E-state index >= 15 is 0 Å². The van der Waals surface area contributed by atoms with Crippen LogP contribution in [0, 0.1) is 0 Å². The van der Waals surface area contributed by atoms with Crippen LogP contribution in [0.15, 0.2) is 30.3 Å². The molecule has 6 nitrogen and oxygen atoms in total. The number of rotatable bonds is 4. The van der Waals surface area contributed by atoms with E-state index in [-0.39, 0.29) is 0 Å². The first kappa shape index (κ1) is 12.7. The lowest BCUT2D eigenvalue weighted by atomic mass is 10.1. The fraction of sp³-hybridized carbons (Fsp3) is 0.286. The normalized spacial score (nSPS) is 11.6. The number of nitrogens with two attached hydrogens (primary N) is 1. The van der Waals surface area contributed by atoms with Crippen LogP contribution < -0.4 is 5.73 Å². The maximum atomic E-state index is 6.00. The number of hydrogen-bond acceptors (Lipinski definition) is 4. The molecule has 0 bridgehead atoms. The van der Waals surface area contributed by atoms with Crippen molar-refractivity contribution in [2.24, 2.45) is 0 Å². The van der Waals surface area contributed by atoms with Crippen molar-refractivity contribution < 1.29 is 0 Å². The summed E-state index contributed by atoms with van der Waals surface area (Å²) in [7, 11) is 4.08. The standard InChI is InChI=1S/C14H18N6/c1-19(2)8-9-20-14-11(13(15)16-17-14)12(18-20)10-6-4-3-5-7-10/h3-7H,8-9H2,1-2H3,(H3,15,16,17). The number of aromatic nitrogens is 4. The van der Waals surface area contributed by atoms with Gasteiger partial charge in [-0.1, -0.05) is 30.3 Å². The molecule has 0 radical (unpaired) electrons. The van der Waals surface area contributed by atoms with Gasteiger partial charge in [-0.2, -0.15) is 10.2 Å². The van der Waals surface area contributed by atoms with Crippen LogP contribution in [0.1, 0.15) is 0 Å². The molecule has 0 aliphatic rings. The van der Waals surface area contributed by atoms with Crippen LogP contribution in [0.4, 0.5) is 5.82 Å². The lowest BCUT2D eigenvalue weighted by molar-refractivity contribution is 0.376. The third-order valence-electron chi connectivity index (χ3n) is 3.28. The van der Waals surface area contributed by atoms with Crippen molar-refractivity contribution >= 4 is 16.9 Å². The van der Waals surface area contributed by atoms with Crippen LogP contribution in [0.3, 0.4) is 0 Å². The zero-order valence-corrected chi connectivity index (χ0v) is 11.7. The Balaban J connectivity index is 2.10. The van der Waals surface area contributed by atoms with Gasteiger partial charge >= 0.3 is 0 Å². The number of benzene rings is 1. The Labute approximate surface area is 117 Å². The predicted molar refractivity (Wildman–Crippen MR) is 80.3 cm³/mol. The third kappa shape index (κ3) is 2.14. The number of hydrogen-bond donors (Lipinski definition) is 2. The SMILES string of the molecule is CN(C)CCn1nc(-c2ccccc2)c2c(N)[nH]nc21. The van der Waals surface area contributed by atoms with Crippen molar-refractivity contribution in [1.29, 1.82) is 0 Å². The van der Waals surface area contributed by atoms with Gasteiger partial charge in [0.25, 0.3) is 0 Å². The molecule has 0 fully saturated rings. The van der Waals surface area contributed by atoms with Gasteiger partial charge < -0.3 is 10.6 Å². The highest BCUT2D eigenvalue weighted by Gasteiger charge is 2.17. The number of anilines is 1. The third-order valence-corrected chi connectivity index (χ3v) is 3.28. The molecule has 0 unspecified atom stereocenters. The molecule has 0 spiro atoms. The Bertz CT molecular complexity index is 710. The predicted octanol–water partition coefficient (Wildman–Crippen LogP) is 1.57. The van der Waals surface area contributed by atoms with Gasteiger partial charge in [-0.3, -0.25) is 5.10 Å². The molecule has 20 heavy (non-hydrogen) atoms. The second-order valence-corrected chi connectivity index (χ2v) is 5.08. The molecule has 0 saturated heterocycles. The number of H-pyrrole nitrogens is 1.